The van der Waals surface area contributed by atoms with Crippen LogP contribution in [-0.4, -0.2) is 6.29 Å². The van der Waals surface area contributed by atoms with Crippen molar-refractivity contribution in [3.63, 3.8) is 0 Å². The Morgan fingerprint density at radius 2 is 2.00 bits per heavy atom. The Morgan fingerprint density at radius 3 is 2.50 bits per heavy atom. The van der Waals surface area contributed by atoms with Gasteiger partial charge in [-0.15, -0.1) is 0 Å². The number of allylic oxidation sites excluding steroid dienone is 2. The number of aldehydes is 1. The van der Waals surface area contributed by atoms with E-state index in [2.05, 4.69) is 6.58 Å². The second kappa shape index (κ2) is 5.18. The largest absolute Gasteiger partial charge is 0.298 e. The van der Waals surface area contributed by atoms with Crippen LogP contribution in [-0.2, 0) is 4.79 Å². The lowest BCUT2D eigenvalue weighted by Crippen LogP contribution is -1.86. The molecular formula is C13H14O. The zero-order valence-corrected chi connectivity index (χ0v) is 8.36. The van der Waals surface area contributed by atoms with E-state index in [1.54, 1.807) is 0 Å². The van der Waals surface area contributed by atoms with E-state index >= 15 is 0 Å². The van der Waals surface area contributed by atoms with Gasteiger partial charge in [0, 0.05) is 0 Å². The van der Waals surface area contributed by atoms with E-state index in [0.717, 1.165) is 23.0 Å². The molecule has 0 unspecified atom stereocenters. The molecule has 0 aliphatic rings. The van der Waals surface area contributed by atoms with E-state index in [1.165, 1.54) is 0 Å². The Kier molecular flexibility index (Phi) is 3.86. The van der Waals surface area contributed by atoms with E-state index < -0.39 is 0 Å². The summed E-state index contributed by atoms with van der Waals surface area (Å²) >= 11 is 0. The summed E-state index contributed by atoms with van der Waals surface area (Å²) < 4.78 is 0. The molecule has 0 aliphatic carbocycles. The maximum Gasteiger partial charge on any atom is 0.146 e. The molecule has 1 aromatic rings. The van der Waals surface area contributed by atoms with Crippen molar-refractivity contribution in [3.05, 3.63) is 53.6 Å². The monoisotopic (exact) mass is 186 g/mol. The van der Waals surface area contributed by atoms with E-state index in [-0.39, 0.29) is 0 Å². The lowest BCUT2D eigenvalue weighted by molar-refractivity contribution is -0.104. The van der Waals surface area contributed by atoms with Crippen LogP contribution < -0.4 is 0 Å². The van der Waals surface area contributed by atoms with Crippen LogP contribution in [0.2, 0.25) is 0 Å². The molecule has 14 heavy (non-hydrogen) atoms. The molecule has 0 spiro atoms. The zero-order chi connectivity index (χ0) is 10.4. The molecule has 0 fully saturated rings. The average Bonchev–Trinajstić information content (AvgIpc) is 2.17. The number of hydrogen-bond acceptors (Lipinski definition) is 1. The molecule has 1 aromatic carbocycles. The molecule has 0 atom stereocenters. The second-order valence-corrected chi connectivity index (χ2v) is 3.38. The minimum atomic E-state index is 0.651. The van der Waals surface area contributed by atoms with E-state index in [1.807, 2.05) is 43.3 Å². The zero-order valence-electron chi connectivity index (χ0n) is 8.36. The average molecular weight is 186 g/mol. The van der Waals surface area contributed by atoms with Crippen molar-refractivity contribution in [3.8, 4) is 0 Å². The fourth-order valence-corrected chi connectivity index (χ4v) is 1.24. The first kappa shape index (κ1) is 10.5. The number of benzene rings is 1. The Labute approximate surface area is 84.8 Å². The number of carbonyl (C=O) groups is 1. The van der Waals surface area contributed by atoms with Crippen molar-refractivity contribution in [1.82, 2.24) is 0 Å². The molecule has 1 nitrogen and oxygen atoms in total. The van der Waals surface area contributed by atoms with Gasteiger partial charge in [0.15, 0.2) is 0 Å². The summed E-state index contributed by atoms with van der Waals surface area (Å²) in [5.74, 6) is 0. The van der Waals surface area contributed by atoms with E-state index in [0.29, 0.717) is 6.42 Å². The highest BCUT2D eigenvalue weighted by atomic mass is 16.1. The smallest absolute Gasteiger partial charge is 0.146 e. The Balaban J connectivity index is 2.84. The molecule has 0 saturated carbocycles. The molecular weight excluding hydrogens is 172 g/mol. The summed E-state index contributed by atoms with van der Waals surface area (Å²) in [6.45, 7) is 5.70. The second-order valence-electron chi connectivity index (χ2n) is 3.38. The van der Waals surface area contributed by atoms with Crippen LogP contribution in [0.5, 0.6) is 0 Å². The van der Waals surface area contributed by atoms with Gasteiger partial charge in [-0.25, -0.2) is 0 Å². The van der Waals surface area contributed by atoms with Gasteiger partial charge >= 0.3 is 0 Å². The first-order chi connectivity index (χ1) is 6.72. The molecule has 0 aromatic heterocycles. The van der Waals surface area contributed by atoms with Crippen molar-refractivity contribution in [2.75, 3.05) is 0 Å². The molecule has 0 amide bonds. The lowest BCUT2D eigenvalue weighted by atomic mass is 10.1. The first-order valence-corrected chi connectivity index (χ1v) is 4.57. The predicted octanol–water partition coefficient (Wildman–Crippen LogP) is 3.24. The molecule has 1 heteroatoms. The van der Waals surface area contributed by atoms with Gasteiger partial charge in [0.25, 0.3) is 0 Å². The lowest BCUT2D eigenvalue weighted by Gasteiger charge is -1.99. The highest BCUT2D eigenvalue weighted by molar-refractivity contribution is 5.82. The van der Waals surface area contributed by atoms with Gasteiger partial charge in [-0.3, -0.25) is 4.79 Å². The van der Waals surface area contributed by atoms with Gasteiger partial charge in [-0.05, 0) is 30.6 Å². The van der Waals surface area contributed by atoms with Gasteiger partial charge in [0.05, 0.1) is 0 Å². The van der Waals surface area contributed by atoms with Crippen molar-refractivity contribution >= 4 is 12.4 Å². The Bertz CT molecular complexity index is 347. The van der Waals surface area contributed by atoms with E-state index in [9.17, 15) is 4.79 Å². The van der Waals surface area contributed by atoms with Gasteiger partial charge in [-0.2, -0.15) is 0 Å². The summed E-state index contributed by atoms with van der Waals surface area (Å²) in [6.07, 6.45) is 3.43. The van der Waals surface area contributed by atoms with Crippen molar-refractivity contribution in [2.24, 2.45) is 0 Å². The van der Waals surface area contributed by atoms with Crippen LogP contribution in [0, 0.1) is 0 Å². The summed E-state index contributed by atoms with van der Waals surface area (Å²) in [5.41, 5.74) is 2.82. The van der Waals surface area contributed by atoms with Crippen LogP contribution in [0.25, 0.3) is 6.08 Å². The maximum atomic E-state index is 10.7. The minimum Gasteiger partial charge on any atom is -0.298 e. The van der Waals surface area contributed by atoms with Crippen LogP contribution >= 0.6 is 0 Å². The summed E-state index contributed by atoms with van der Waals surface area (Å²) in [7, 11) is 0. The van der Waals surface area contributed by atoms with Crippen LogP contribution in [0.1, 0.15) is 18.9 Å². The van der Waals surface area contributed by atoms with Crippen molar-refractivity contribution in [1.29, 1.82) is 0 Å². The summed E-state index contributed by atoms with van der Waals surface area (Å²) in [4.78, 5) is 10.7. The topological polar surface area (TPSA) is 17.1 Å². The van der Waals surface area contributed by atoms with Gasteiger partial charge < -0.3 is 0 Å². The third-order valence-electron chi connectivity index (χ3n) is 1.81. The highest BCUT2D eigenvalue weighted by Crippen LogP contribution is 2.11. The normalized spacial score (nSPS) is 11.1. The van der Waals surface area contributed by atoms with Crippen LogP contribution in [0.3, 0.4) is 0 Å². The predicted molar refractivity (Wildman–Crippen MR) is 59.9 cm³/mol. The van der Waals surface area contributed by atoms with Gasteiger partial charge in [0.2, 0.25) is 0 Å². The number of carbonyl (C=O) groups excluding carboxylic acids is 1. The quantitative estimate of drug-likeness (QED) is 0.401. The number of rotatable bonds is 4. The summed E-state index contributed by atoms with van der Waals surface area (Å²) in [5, 5.41) is 0. The van der Waals surface area contributed by atoms with Crippen LogP contribution in [0.4, 0.5) is 0 Å². The summed E-state index contributed by atoms with van der Waals surface area (Å²) in [6, 6.07) is 9.81. The highest BCUT2D eigenvalue weighted by Gasteiger charge is 1.96. The molecule has 1 rings (SSSR count). The van der Waals surface area contributed by atoms with Crippen molar-refractivity contribution in [2.45, 2.75) is 13.3 Å². The fraction of sp³-hybridized carbons (Fsp3) is 0.154. The molecule has 0 saturated heterocycles. The van der Waals surface area contributed by atoms with E-state index in [4.69, 9.17) is 0 Å². The third-order valence-corrected chi connectivity index (χ3v) is 1.81. The van der Waals surface area contributed by atoms with Crippen molar-refractivity contribution < 1.29 is 4.79 Å². The minimum absolute atomic E-state index is 0.651. The molecule has 0 radical (unpaired) electrons. The third kappa shape index (κ3) is 3.40. The standard InChI is InChI=1S/C13H14O/c1-11(2)8-13(10-14)9-12-6-4-3-5-7-12/h3-7,9-10H,1,8H2,2H3/b13-9+. The van der Waals surface area contributed by atoms with Gasteiger partial charge in [-0.1, -0.05) is 42.5 Å². The SMILES string of the molecule is C=C(C)C/C(C=O)=C\c1ccccc1. The molecule has 0 N–H and O–H groups in total. The number of hydrogen-bond donors (Lipinski definition) is 0. The maximum absolute atomic E-state index is 10.7. The fourth-order valence-electron chi connectivity index (χ4n) is 1.24. The Hall–Kier alpha value is -1.63. The molecule has 0 aliphatic heterocycles. The first-order valence-electron chi connectivity index (χ1n) is 4.57. The van der Waals surface area contributed by atoms with Gasteiger partial charge in [0.1, 0.15) is 6.29 Å². The molecule has 0 bridgehead atoms. The van der Waals surface area contributed by atoms with Crippen LogP contribution in [0.15, 0.2) is 48.1 Å². The Morgan fingerprint density at radius 1 is 1.36 bits per heavy atom. The molecule has 72 valence electrons. The molecule has 0 heterocycles.